The van der Waals surface area contributed by atoms with Gasteiger partial charge in [-0.1, -0.05) is 25.4 Å². The summed E-state index contributed by atoms with van der Waals surface area (Å²) in [6.45, 7) is 6.71. The molecule has 1 aromatic carbocycles. The van der Waals surface area contributed by atoms with E-state index in [1.807, 2.05) is 0 Å². The van der Waals surface area contributed by atoms with E-state index in [1.165, 1.54) is 12.1 Å². The van der Waals surface area contributed by atoms with E-state index in [0.29, 0.717) is 18.3 Å². The Morgan fingerprint density at radius 3 is 2.88 bits per heavy atom. The fraction of sp³-hybridized carbons (Fsp3) is 0.538. The van der Waals surface area contributed by atoms with Crippen molar-refractivity contribution in [3.05, 3.63) is 29.0 Å². The highest BCUT2D eigenvalue weighted by Gasteiger charge is 2.05. The van der Waals surface area contributed by atoms with Gasteiger partial charge in [0.1, 0.15) is 11.6 Å². The molecule has 0 heterocycles. The number of hydrogen-bond donors (Lipinski definition) is 1. The molecule has 0 radical (unpaired) electrons. The molecule has 1 N–H and O–H groups in total. The lowest BCUT2D eigenvalue weighted by atomic mass is 10.2. The summed E-state index contributed by atoms with van der Waals surface area (Å²) in [5.74, 6) is 0.468. The van der Waals surface area contributed by atoms with Gasteiger partial charge >= 0.3 is 0 Å². The summed E-state index contributed by atoms with van der Waals surface area (Å²) in [7, 11) is 0. The maximum absolute atomic E-state index is 13.1. The largest absolute Gasteiger partial charge is 0.493 e. The normalized spacial score (nSPS) is 12.5. The Labute approximate surface area is 107 Å². The van der Waals surface area contributed by atoms with Crippen LogP contribution < -0.4 is 10.1 Å². The molecule has 17 heavy (non-hydrogen) atoms. The first-order valence-electron chi connectivity index (χ1n) is 5.92. The van der Waals surface area contributed by atoms with Crippen molar-refractivity contribution in [1.82, 2.24) is 5.32 Å². The second kappa shape index (κ2) is 7.51. The van der Waals surface area contributed by atoms with Crippen molar-refractivity contribution >= 4 is 11.6 Å². The van der Waals surface area contributed by atoms with Crippen LogP contribution in [0.15, 0.2) is 18.2 Å². The number of halogens is 2. The van der Waals surface area contributed by atoms with Crippen molar-refractivity contribution in [2.75, 3.05) is 19.7 Å². The minimum atomic E-state index is -0.444. The van der Waals surface area contributed by atoms with Crippen molar-refractivity contribution < 1.29 is 9.13 Å². The zero-order valence-electron chi connectivity index (χ0n) is 10.3. The average molecular weight is 260 g/mol. The molecule has 1 atom stereocenters. The average Bonchev–Trinajstić information content (AvgIpc) is 2.31. The molecule has 0 aliphatic rings. The van der Waals surface area contributed by atoms with Gasteiger partial charge in [-0.15, -0.1) is 0 Å². The summed E-state index contributed by atoms with van der Waals surface area (Å²) >= 11 is 5.59. The predicted octanol–water partition coefficient (Wildman–Crippen LogP) is 3.49. The monoisotopic (exact) mass is 259 g/mol. The molecule has 0 aliphatic carbocycles. The molecule has 0 fully saturated rings. The van der Waals surface area contributed by atoms with Gasteiger partial charge in [-0.05, 0) is 25.1 Å². The molecule has 0 saturated carbocycles. The summed E-state index contributed by atoms with van der Waals surface area (Å²) in [6, 6.07) is 4.50. The van der Waals surface area contributed by atoms with Gasteiger partial charge in [0.25, 0.3) is 0 Å². The molecule has 1 rings (SSSR count). The van der Waals surface area contributed by atoms with E-state index >= 15 is 0 Å². The van der Waals surface area contributed by atoms with Crippen LogP contribution in [0.1, 0.15) is 20.3 Å². The van der Waals surface area contributed by atoms with Crippen molar-refractivity contribution in [2.24, 2.45) is 5.92 Å². The Bertz CT molecular complexity index is 346. The van der Waals surface area contributed by atoms with Gasteiger partial charge in [-0.25, -0.2) is 4.39 Å². The van der Waals surface area contributed by atoms with Crippen LogP contribution in [0.25, 0.3) is 0 Å². The molecule has 0 aromatic heterocycles. The zero-order valence-corrected chi connectivity index (χ0v) is 11.1. The Morgan fingerprint density at radius 2 is 2.24 bits per heavy atom. The first-order valence-corrected chi connectivity index (χ1v) is 6.29. The SMILES string of the molecule is CCCNCC(C)COc1ccc(Cl)c(F)c1. The summed E-state index contributed by atoms with van der Waals surface area (Å²) < 4.78 is 18.6. The molecular formula is C13H19ClFNO. The van der Waals surface area contributed by atoms with Crippen molar-refractivity contribution in [1.29, 1.82) is 0 Å². The summed E-state index contributed by atoms with van der Waals surface area (Å²) in [5.41, 5.74) is 0. The highest BCUT2D eigenvalue weighted by Crippen LogP contribution is 2.20. The van der Waals surface area contributed by atoms with Crippen molar-refractivity contribution in [2.45, 2.75) is 20.3 Å². The Hall–Kier alpha value is -0.800. The quantitative estimate of drug-likeness (QED) is 0.757. The molecule has 96 valence electrons. The molecule has 0 bridgehead atoms. The number of hydrogen-bond acceptors (Lipinski definition) is 2. The number of ether oxygens (including phenoxy) is 1. The second-order valence-electron chi connectivity index (χ2n) is 4.20. The third kappa shape index (κ3) is 5.37. The number of nitrogens with one attached hydrogen (secondary N) is 1. The Morgan fingerprint density at radius 1 is 1.47 bits per heavy atom. The molecule has 0 aliphatic heterocycles. The Balaban J connectivity index is 2.31. The molecule has 0 spiro atoms. The van der Waals surface area contributed by atoms with Crippen LogP contribution >= 0.6 is 11.6 Å². The molecule has 4 heteroatoms. The number of rotatable bonds is 7. The van der Waals surface area contributed by atoms with Gasteiger partial charge in [0.15, 0.2) is 0 Å². The van der Waals surface area contributed by atoms with E-state index < -0.39 is 5.82 Å². The van der Waals surface area contributed by atoms with Gasteiger partial charge in [-0.3, -0.25) is 0 Å². The minimum absolute atomic E-state index is 0.120. The first-order chi connectivity index (χ1) is 8.13. The predicted molar refractivity (Wildman–Crippen MR) is 69.2 cm³/mol. The van der Waals surface area contributed by atoms with Crippen LogP contribution in [0.5, 0.6) is 5.75 Å². The van der Waals surface area contributed by atoms with Crippen LogP contribution in [0, 0.1) is 11.7 Å². The van der Waals surface area contributed by atoms with E-state index in [-0.39, 0.29) is 5.02 Å². The van der Waals surface area contributed by atoms with Crippen LogP contribution in [-0.2, 0) is 0 Å². The van der Waals surface area contributed by atoms with E-state index in [0.717, 1.165) is 19.5 Å². The van der Waals surface area contributed by atoms with Gasteiger partial charge in [0.05, 0.1) is 11.6 Å². The fourth-order valence-electron chi connectivity index (χ4n) is 1.39. The minimum Gasteiger partial charge on any atom is -0.493 e. The van der Waals surface area contributed by atoms with Crippen LogP contribution in [-0.4, -0.2) is 19.7 Å². The molecule has 0 saturated heterocycles. The van der Waals surface area contributed by atoms with Gasteiger partial charge in [0.2, 0.25) is 0 Å². The molecule has 2 nitrogen and oxygen atoms in total. The molecule has 1 unspecified atom stereocenters. The van der Waals surface area contributed by atoms with E-state index in [1.54, 1.807) is 6.07 Å². The lowest BCUT2D eigenvalue weighted by molar-refractivity contribution is 0.255. The summed E-state index contributed by atoms with van der Waals surface area (Å²) in [6.07, 6.45) is 1.12. The Kier molecular flexibility index (Phi) is 6.30. The third-order valence-corrected chi connectivity index (χ3v) is 2.65. The van der Waals surface area contributed by atoms with Crippen LogP contribution in [0.4, 0.5) is 4.39 Å². The van der Waals surface area contributed by atoms with Gasteiger partial charge < -0.3 is 10.1 Å². The fourth-order valence-corrected chi connectivity index (χ4v) is 1.51. The highest BCUT2D eigenvalue weighted by atomic mass is 35.5. The van der Waals surface area contributed by atoms with E-state index in [2.05, 4.69) is 19.2 Å². The summed E-state index contributed by atoms with van der Waals surface area (Å²) in [5, 5.41) is 3.44. The van der Waals surface area contributed by atoms with Crippen LogP contribution in [0.3, 0.4) is 0 Å². The highest BCUT2D eigenvalue weighted by molar-refractivity contribution is 6.30. The summed E-state index contributed by atoms with van der Waals surface area (Å²) in [4.78, 5) is 0. The van der Waals surface area contributed by atoms with Gasteiger partial charge in [0, 0.05) is 18.5 Å². The van der Waals surface area contributed by atoms with E-state index in [4.69, 9.17) is 16.3 Å². The molecule has 1 aromatic rings. The standard InChI is InChI=1S/C13H19ClFNO/c1-3-6-16-8-10(2)9-17-11-4-5-12(14)13(15)7-11/h4-5,7,10,16H,3,6,8-9H2,1-2H3. The maximum atomic E-state index is 13.1. The first kappa shape index (κ1) is 14.3. The lowest BCUT2D eigenvalue weighted by Gasteiger charge is -2.13. The topological polar surface area (TPSA) is 21.3 Å². The molecular weight excluding hydrogens is 241 g/mol. The number of benzene rings is 1. The zero-order chi connectivity index (χ0) is 12.7. The van der Waals surface area contributed by atoms with Gasteiger partial charge in [-0.2, -0.15) is 0 Å². The van der Waals surface area contributed by atoms with E-state index in [9.17, 15) is 4.39 Å². The van der Waals surface area contributed by atoms with Crippen LogP contribution in [0.2, 0.25) is 5.02 Å². The second-order valence-corrected chi connectivity index (χ2v) is 4.60. The lowest BCUT2D eigenvalue weighted by Crippen LogP contribution is -2.25. The molecule has 0 amide bonds. The van der Waals surface area contributed by atoms with Crippen molar-refractivity contribution in [3.63, 3.8) is 0 Å². The smallest absolute Gasteiger partial charge is 0.145 e. The maximum Gasteiger partial charge on any atom is 0.145 e. The van der Waals surface area contributed by atoms with Crippen molar-refractivity contribution in [3.8, 4) is 5.75 Å². The third-order valence-electron chi connectivity index (χ3n) is 2.35.